The third kappa shape index (κ3) is 4.91. The highest BCUT2D eigenvalue weighted by atomic mass is 16.6. The van der Waals surface area contributed by atoms with Crippen LogP contribution in [0.15, 0.2) is 18.2 Å². The second-order valence-electron chi connectivity index (χ2n) is 5.84. The molecule has 0 saturated heterocycles. The fourth-order valence-corrected chi connectivity index (χ4v) is 1.80. The molecule has 0 saturated carbocycles. The third-order valence-corrected chi connectivity index (χ3v) is 2.81. The van der Waals surface area contributed by atoms with Crippen LogP contribution >= 0.6 is 0 Å². The number of nitrogens with two attached hydrogens (primary N) is 1. The van der Waals surface area contributed by atoms with Crippen LogP contribution in [0, 0.1) is 6.92 Å². The summed E-state index contributed by atoms with van der Waals surface area (Å²) in [5.74, 6) is 0.264. The number of amides is 1. The standard InChI is InChI=1S/C15H24N2O2/c1-10-6-7-12(8-13(10)11(2)9-16)17-14(18)19-15(3,4)5/h6-8,11H,9,16H2,1-5H3,(H,17,18). The number of ether oxygens (including phenoxy) is 1. The summed E-state index contributed by atoms with van der Waals surface area (Å²) in [6, 6.07) is 5.80. The number of hydrogen-bond donors (Lipinski definition) is 2. The summed E-state index contributed by atoms with van der Waals surface area (Å²) >= 11 is 0. The van der Waals surface area contributed by atoms with Crippen LogP contribution in [-0.2, 0) is 4.74 Å². The van der Waals surface area contributed by atoms with Crippen LogP contribution in [0.3, 0.4) is 0 Å². The Morgan fingerprint density at radius 1 is 1.42 bits per heavy atom. The van der Waals surface area contributed by atoms with Crippen molar-refractivity contribution in [2.24, 2.45) is 5.73 Å². The van der Waals surface area contributed by atoms with E-state index in [-0.39, 0.29) is 5.92 Å². The Morgan fingerprint density at radius 3 is 2.58 bits per heavy atom. The Labute approximate surface area is 115 Å². The molecule has 4 nitrogen and oxygen atoms in total. The molecule has 0 spiro atoms. The van der Waals surface area contributed by atoms with E-state index in [2.05, 4.69) is 12.2 Å². The van der Waals surface area contributed by atoms with Crippen LogP contribution in [0.2, 0.25) is 0 Å². The first-order valence-corrected chi connectivity index (χ1v) is 6.53. The molecule has 0 aliphatic rings. The molecular weight excluding hydrogens is 240 g/mol. The van der Waals surface area contributed by atoms with E-state index < -0.39 is 11.7 Å². The molecule has 0 radical (unpaired) electrons. The predicted molar refractivity (Wildman–Crippen MR) is 78.5 cm³/mol. The lowest BCUT2D eigenvalue weighted by Gasteiger charge is -2.20. The molecule has 3 N–H and O–H groups in total. The Kier molecular flexibility index (Phi) is 4.95. The minimum atomic E-state index is -0.498. The van der Waals surface area contributed by atoms with Crippen LogP contribution in [0.1, 0.15) is 44.7 Å². The Hall–Kier alpha value is -1.55. The van der Waals surface area contributed by atoms with Crippen molar-refractivity contribution in [1.82, 2.24) is 0 Å². The SMILES string of the molecule is Cc1ccc(NC(=O)OC(C)(C)C)cc1C(C)CN. The summed E-state index contributed by atoms with van der Waals surface area (Å²) in [6.07, 6.45) is -0.442. The van der Waals surface area contributed by atoms with Crippen molar-refractivity contribution in [3.63, 3.8) is 0 Å². The quantitative estimate of drug-likeness (QED) is 0.879. The van der Waals surface area contributed by atoms with Crippen molar-refractivity contribution < 1.29 is 9.53 Å². The zero-order chi connectivity index (χ0) is 14.6. The summed E-state index contributed by atoms with van der Waals surface area (Å²) in [7, 11) is 0. The average Bonchev–Trinajstić information content (AvgIpc) is 2.28. The van der Waals surface area contributed by atoms with Gasteiger partial charge in [-0.05, 0) is 63.4 Å². The van der Waals surface area contributed by atoms with Gasteiger partial charge in [0.1, 0.15) is 5.60 Å². The van der Waals surface area contributed by atoms with Crippen molar-refractivity contribution in [3.8, 4) is 0 Å². The van der Waals surface area contributed by atoms with E-state index in [4.69, 9.17) is 10.5 Å². The maximum atomic E-state index is 11.7. The molecular formula is C15H24N2O2. The first kappa shape index (κ1) is 15.5. The summed E-state index contributed by atoms with van der Waals surface area (Å²) in [5.41, 5.74) is 8.25. The monoisotopic (exact) mass is 264 g/mol. The fourth-order valence-electron chi connectivity index (χ4n) is 1.80. The number of nitrogens with one attached hydrogen (secondary N) is 1. The molecule has 1 aromatic rings. The molecule has 0 aromatic heterocycles. The van der Waals surface area contributed by atoms with Gasteiger partial charge in [0.15, 0.2) is 0 Å². The number of carbonyl (C=O) groups excluding carboxylic acids is 1. The molecule has 19 heavy (non-hydrogen) atoms. The Balaban J connectivity index is 2.83. The molecule has 0 heterocycles. The number of rotatable bonds is 3. The highest BCUT2D eigenvalue weighted by molar-refractivity contribution is 5.85. The molecule has 4 heteroatoms. The van der Waals surface area contributed by atoms with Gasteiger partial charge >= 0.3 is 6.09 Å². The third-order valence-electron chi connectivity index (χ3n) is 2.81. The van der Waals surface area contributed by atoms with Crippen molar-refractivity contribution >= 4 is 11.8 Å². The number of aryl methyl sites for hydroxylation is 1. The molecule has 1 unspecified atom stereocenters. The van der Waals surface area contributed by atoms with Crippen molar-refractivity contribution in [1.29, 1.82) is 0 Å². The minimum absolute atomic E-state index is 0.264. The maximum Gasteiger partial charge on any atom is 0.412 e. The number of benzene rings is 1. The highest BCUT2D eigenvalue weighted by Crippen LogP contribution is 2.23. The van der Waals surface area contributed by atoms with E-state index in [1.807, 2.05) is 45.9 Å². The van der Waals surface area contributed by atoms with Crippen LogP contribution in [0.25, 0.3) is 0 Å². The van der Waals surface area contributed by atoms with Gasteiger partial charge in [0.2, 0.25) is 0 Å². The normalized spacial score (nSPS) is 12.9. The molecule has 1 atom stereocenters. The lowest BCUT2D eigenvalue weighted by molar-refractivity contribution is 0.0636. The smallest absolute Gasteiger partial charge is 0.412 e. The summed E-state index contributed by atoms with van der Waals surface area (Å²) in [4.78, 5) is 11.7. The molecule has 1 aromatic carbocycles. The lowest BCUT2D eigenvalue weighted by atomic mass is 9.96. The largest absolute Gasteiger partial charge is 0.444 e. The van der Waals surface area contributed by atoms with Gasteiger partial charge in [-0.15, -0.1) is 0 Å². The zero-order valence-corrected chi connectivity index (χ0v) is 12.4. The topological polar surface area (TPSA) is 64.3 Å². The van der Waals surface area contributed by atoms with Crippen molar-refractivity contribution in [2.45, 2.75) is 46.1 Å². The fraction of sp³-hybridized carbons (Fsp3) is 0.533. The summed E-state index contributed by atoms with van der Waals surface area (Å²) in [5, 5.41) is 2.74. The lowest BCUT2D eigenvalue weighted by Crippen LogP contribution is -2.27. The van der Waals surface area contributed by atoms with Crippen LogP contribution in [-0.4, -0.2) is 18.2 Å². The first-order valence-electron chi connectivity index (χ1n) is 6.53. The van der Waals surface area contributed by atoms with Crippen LogP contribution in [0.5, 0.6) is 0 Å². The first-order chi connectivity index (χ1) is 8.73. The van der Waals surface area contributed by atoms with Gasteiger partial charge in [-0.1, -0.05) is 13.0 Å². The summed E-state index contributed by atoms with van der Waals surface area (Å²) in [6.45, 7) is 10.2. The predicted octanol–water partition coefficient (Wildman–Crippen LogP) is 3.40. The van der Waals surface area contributed by atoms with E-state index in [1.165, 1.54) is 5.56 Å². The maximum absolute atomic E-state index is 11.7. The molecule has 1 rings (SSSR count). The second kappa shape index (κ2) is 6.06. The summed E-state index contributed by atoms with van der Waals surface area (Å²) < 4.78 is 5.22. The zero-order valence-electron chi connectivity index (χ0n) is 12.4. The molecule has 0 fully saturated rings. The van der Waals surface area contributed by atoms with Gasteiger partial charge in [0.25, 0.3) is 0 Å². The molecule has 106 valence electrons. The molecule has 0 bridgehead atoms. The Morgan fingerprint density at radius 2 is 2.05 bits per heavy atom. The van der Waals surface area contributed by atoms with Gasteiger partial charge in [-0.3, -0.25) is 5.32 Å². The van der Waals surface area contributed by atoms with E-state index in [0.29, 0.717) is 6.54 Å². The highest BCUT2D eigenvalue weighted by Gasteiger charge is 2.16. The second-order valence-corrected chi connectivity index (χ2v) is 5.84. The van der Waals surface area contributed by atoms with Gasteiger partial charge in [0.05, 0.1) is 0 Å². The molecule has 1 amide bonds. The molecule has 0 aliphatic heterocycles. The van der Waals surface area contributed by atoms with E-state index in [0.717, 1.165) is 11.3 Å². The van der Waals surface area contributed by atoms with Gasteiger partial charge < -0.3 is 10.5 Å². The van der Waals surface area contributed by atoms with Crippen LogP contribution in [0.4, 0.5) is 10.5 Å². The van der Waals surface area contributed by atoms with Crippen molar-refractivity contribution in [2.75, 3.05) is 11.9 Å². The Bertz CT molecular complexity index is 450. The van der Waals surface area contributed by atoms with Gasteiger partial charge in [0, 0.05) is 5.69 Å². The van der Waals surface area contributed by atoms with Crippen molar-refractivity contribution in [3.05, 3.63) is 29.3 Å². The molecule has 0 aliphatic carbocycles. The van der Waals surface area contributed by atoms with Crippen LogP contribution < -0.4 is 11.1 Å². The number of carbonyl (C=O) groups is 1. The number of hydrogen-bond acceptors (Lipinski definition) is 3. The van der Waals surface area contributed by atoms with Gasteiger partial charge in [-0.2, -0.15) is 0 Å². The van der Waals surface area contributed by atoms with E-state index >= 15 is 0 Å². The minimum Gasteiger partial charge on any atom is -0.444 e. The number of anilines is 1. The average molecular weight is 264 g/mol. The van der Waals surface area contributed by atoms with Gasteiger partial charge in [-0.25, -0.2) is 4.79 Å². The van der Waals surface area contributed by atoms with E-state index in [1.54, 1.807) is 0 Å². The van der Waals surface area contributed by atoms with E-state index in [9.17, 15) is 4.79 Å².